The van der Waals surface area contributed by atoms with Crippen LogP contribution in [-0.4, -0.2) is 43.5 Å². The van der Waals surface area contributed by atoms with Gasteiger partial charge in [-0.2, -0.15) is 0 Å². The van der Waals surface area contributed by atoms with Crippen LogP contribution < -0.4 is 14.8 Å². The Balaban J connectivity index is 1.62. The third-order valence-corrected chi connectivity index (χ3v) is 7.33. The third kappa shape index (κ3) is 6.06. The number of hydrogen-bond acceptors (Lipinski definition) is 6. The average molecular weight is 497 g/mol. The van der Waals surface area contributed by atoms with E-state index in [1.807, 2.05) is 35.7 Å². The summed E-state index contributed by atoms with van der Waals surface area (Å²) in [5, 5.41) is 5.16. The zero-order valence-corrected chi connectivity index (χ0v) is 21.0. The summed E-state index contributed by atoms with van der Waals surface area (Å²) in [6, 6.07) is 12.2. The predicted octanol–water partition coefficient (Wildman–Crippen LogP) is 5.23. The van der Waals surface area contributed by atoms with Crippen molar-refractivity contribution in [2.75, 3.05) is 20.8 Å². The number of furan rings is 1. The Labute approximate surface area is 210 Å². The van der Waals surface area contributed by atoms with Gasteiger partial charge in [0.15, 0.2) is 17.3 Å². The van der Waals surface area contributed by atoms with E-state index in [4.69, 9.17) is 13.9 Å². The second kappa shape index (κ2) is 11.9. The highest BCUT2D eigenvalue weighted by Crippen LogP contribution is 2.31. The molecule has 1 atom stereocenters. The van der Waals surface area contributed by atoms with Crippen molar-refractivity contribution in [1.29, 1.82) is 0 Å². The minimum Gasteiger partial charge on any atom is -0.493 e. The fourth-order valence-corrected chi connectivity index (χ4v) is 5.41. The number of methoxy groups -OCH3 is 2. The molecule has 2 heterocycles. The van der Waals surface area contributed by atoms with Crippen LogP contribution in [0.3, 0.4) is 0 Å². The Morgan fingerprint density at radius 1 is 1.09 bits per heavy atom. The van der Waals surface area contributed by atoms with Crippen LogP contribution in [-0.2, 0) is 11.2 Å². The van der Waals surface area contributed by atoms with Gasteiger partial charge in [0, 0.05) is 17.5 Å². The molecule has 0 spiro atoms. The van der Waals surface area contributed by atoms with Gasteiger partial charge in [0.2, 0.25) is 5.91 Å². The maximum Gasteiger partial charge on any atom is 0.290 e. The molecule has 0 radical (unpaired) electrons. The van der Waals surface area contributed by atoms with E-state index in [1.54, 1.807) is 31.3 Å². The van der Waals surface area contributed by atoms with Crippen LogP contribution in [0.25, 0.3) is 0 Å². The molecule has 0 saturated heterocycles. The molecule has 1 aromatic carbocycles. The SMILES string of the molecule is COc1ccc(CCN(C(=O)c2ccco2)[C@@H](C(=O)NC2CCCCC2)c2cccs2)cc1OC. The highest BCUT2D eigenvalue weighted by atomic mass is 32.1. The number of hydrogen-bond donors (Lipinski definition) is 1. The van der Waals surface area contributed by atoms with Crippen molar-refractivity contribution in [2.24, 2.45) is 0 Å². The first kappa shape index (κ1) is 24.9. The Hall–Kier alpha value is -3.26. The van der Waals surface area contributed by atoms with Gasteiger partial charge in [-0.05, 0) is 60.5 Å². The maximum absolute atomic E-state index is 13.7. The van der Waals surface area contributed by atoms with Crippen molar-refractivity contribution in [1.82, 2.24) is 10.2 Å². The molecule has 1 aliphatic carbocycles. The Kier molecular flexibility index (Phi) is 8.47. The van der Waals surface area contributed by atoms with Crippen LogP contribution in [0, 0.1) is 0 Å². The summed E-state index contributed by atoms with van der Waals surface area (Å²) in [5.41, 5.74) is 0.970. The number of benzene rings is 1. The van der Waals surface area contributed by atoms with Crippen molar-refractivity contribution in [3.05, 3.63) is 70.3 Å². The number of ether oxygens (including phenoxy) is 2. The minimum absolute atomic E-state index is 0.144. The van der Waals surface area contributed by atoms with Gasteiger partial charge in [-0.3, -0.25) is 9.59 Å². The molecule has 8 heteroatoms. The summed E-state index contributed by atoms with van der Waals surface area (Å²) < 4.78 is 16.2. The first-order valence-electron chi connectivity index (χ1n) is 12.0. The summed E-state index contributed by atoms with van der Waals surface area (Å²) in [5.74, 6) is 1.02. The number of rotatable bonds is 10. The monoisotopic (exact) mass is 496 g/mol. The molecule has 4 rings (SSSR count). The second-order valence-electron chi connectivity index (χ2n) is 8.68. The van der Waals surface area contributed by atoms with E-state index < -0.39 is 6.04 Å². The van der Waals surface area contributed by atoms with Gasteiger partial charge in [0.1, 0.15) is 6.04 Å². The molecule has 1 fully saturated rings. The van der Waals surface area contributed by atoms with Crippen molar-refractivity contribution in [2.45, 2.75) is 50.6 Å². The van der Waals surface area contributed by atoms with Crippen molar-refractivity contribution >= 4 is 23.2 Å². The van der Waals surface area contributed by atoms with Gasteiger partial charge in [0.05, 0.1) is 20.5 Å². The molecule has 0 aliphatic heterocycles. The zero-order chi connectivity index (χ0) is 24.6. The summed E-state index contributed by atoms with van der Waals surface area (Å²) in [6.07, 6.45) is 7.38. The van der Waals surface area contributed by atoms with Crippen molar-refractivity contribution < 1.29 is 23.5 Å². The lowest BCUT2D eigenvalue weighted by molar-refractivity contribution is -0.126. The van der Waals surface area contributed by atoms with Gasteiger partial charge >= 0.3 is 0 Å². The van der Waals surface area contributed by atoms with Gasteiger partial charge in [-0.15, -0.1) is 11.3 Å². The molecule has 2 amide bonds. The van der Waals surface area contributed by atoms with Crippen molar-refractivity contribution in [3.8, 4) is 11.5 Å². The smallest absolute Gasteiger partial charge is 0.290 e. The van der Waals surface area contributed by atoms with Gasteiger partial charge < -0.3 is 24.1 Å². The van der Waals surface area contributed by atoms with Crippen LogP contribution in [0.5, 0.6) is 11.5 Å². The highest BCUT2D eigenvalue weighted by molar-refractivity contribution is 7.10. The molecule has 0 bridgehead atoms. The van der Waals surface area contributed by atoms with Crippen LogP contribution in [0.15, 0.2) is 58.5 Å². The fraction of sp³-hybridized carbons (Fsp3) is 0.407. The Bertz CT molecular complexity index is 1090. The van der Waals surface area contributed by atoms with E-state index in [-0.39, 0.29) is 23.6 Å². The summed E-state index contributed by atoms with van der Waals surface area (Å²) >= 11 is 1.48. The number of carbonyl (C=O) groups is 2. The van der Waals surface area contributed by atoms with E-state index in [2.05, 4.69) is 5.32 Å². The predicted molar refractivity (Wildman–Crippen MR) is 135 cm³/mol. The molecule has 186 valence electrons. The van der Waals surface area contributed by atoms with Gasteiger partial charge in [0.25, 0.3) is 5.91 Å². The number of amides is 2. The van der Waals surface area contributed by atoms with Gasteiger partial charge in [-0.1, -0.05) is 31.4 Å². The highest BCUT2D eigenvalue weighted by Gasteiger charge is 2.34. The number of thiophene rings is 1. The van der Waals surface area contributed by atoms with E-state index in [9.17, 15) is 9.59 Å². The first-order chi connectivity index (χ1) is 17.1. The number of carbonyl (C=O) groups excluding carboxylic acids is 2. The lowest BCUT2D eigenvalue weighted by Crippen LogP contribution is -2.47. The molecular formula is C27H32N2O5S. The van der Waals surface area contributed by atoms with E-state index in [1.165, 1.54) is 24.0 Å². The molecule has 1 saturated carbocycles. The molecule has 2 aromatic heterocycles. The lowest BCUT2D eigenvalue weighted by atomic mass is 9.95. The van der Waals surface area contributed by atoms with Crippen LogP contribution in [0.1, 0.15) is 59.1 Å². The Morgan fingerprint density at radius 2 is 1.89 bits per heavy atom. The second-order valence-corrected chi connectivity index (χ2v) is 9.66. The van der Waals surface area contributed by atoms with Crippen LogP contribution >= 0.6 is 11.3 Å². The third-order valence-electron chi connectivity index (χ3n) is 6.41. The molecule has 1 aliphatic rings. The summed E-state index contributed by atoms with van der Waals surface area (Å²) in [4.78, 5) is 29.7. The topological polar surface area (TPSA) is 81.0 Å². The van der Waals surface area contributed by atoms with E-state index in [0.29, 0.717) is 24.5 Å². The summed E-state index contributed by atoms with van der Waals surface area (Å²) in [6.45, 7) is 0.329. The Morgan fingerprint density at radius 3 is 2.54 bits per heavy atom. The van der Waals surface area contributed by atoms with E-state index in [0.717, 1.165) is 36.1 Å². The molecule has 0 unspecified atom stereocenters. The van der Waals surface area contributed by atoms with E-state index >= 15 is 0 Å². The minimum atomic E-state index is -0.741. The normalized spacial score (nSPS) is 14.8. The maximum atomic E-state index is 13.7. The zero-order valence-electron chi connectivity index (χ0n) is 20.2. The molecule has 1 N–H and O–H groups in total. The molecule has 7 nitrogen and oxygen atoms in total. The summed E-state index contributed by atoms with van der Waals surface area (Å²) in [7, 11) is 3.19. The van der Waals surface area contributed by atoms with Crippen LogP contribution in [0.2, 0.25) is 0 Å². The van der Waals surface area contributed by atoms with Crippen molar-refractivity contribution in [3.63, 3.8) is 0 Å². The first-order valence-corrected chi connectivity index (χ1v) is 12.9. The molecular weight excluding hydrogens is 464 g/mol. The molecule has 35 heavy (non-hydrogen) atoms. The standard InChI is InChI=1S/C27H32N2O5S/c1-32-21-13-12-19(18-23(21)33-2)14-15-29(27(31)22-10-6-16-34-22)25(24-11-7-17-35-24)26(30)28-20-8-4-3-5-9-20/h6-7,10-13,16-18,20,25H,3-5,8-9,14-15H2,1-2H3,(H,28,30)/t25-/m1/s1. The molecule has 3 aromatic rings. The fourth-order valence-electron chi connectivity index (χ4n) is 4.57. The average Bonchev–Trinajstić information content (AvgIpc) is 3.61. The quantitative estimate of drug-likeness (QED) is 0.416. The lowest BCUT2D eigenvalue weighted by Gasteiger charge is -2.32. The van der Waals surface area contributed by atoms with Crippen LogP contribution in [0.4, 0.5) is 0 Å². The number of nitrogens with zero attached hydrogens (tertiary/aromatic N) is 1. The van der Waals surface area contributed by atoms with Gasteiger partial charge in [-0.25, -0.2) is 0 Å². The largest absolute Gasteiger partial charge is 0.493 e. The number of nitrogens with one attached hydrogen (secondary N) is 1.